The van der Waals surface area contributed by atoms with Crippen LogP contribution in [0.25, 0.3) is 0 Å². The van der Waals surface area contributed by atoms with Crippen molar-refractivity contribution in [3.63, 3.8) is 0 Å². The number of rotatable bonds is 2. The van der Waals surface area contributed by atoms with Gasteiger partial charge in [-0.05, 0) is 42.7 Å². The predicted octanol–water partition coefficient (Wildman–Crippen LogP) is 4.29. The molecule has 2 aromatic rings. The topological polar surface area (TPSA) is 20.3 Å². The van der Waals surface area contributed by atoms with Crippen molar-refractivity contribution in [1.82, 2.24) is 4.90 Å². The van der Waals surface area contributed by atoms with Gasteiger partial charge in [-0.15, -0.1) is 0 Å². The highest BCUT2D eigenvalue weighted by atomic mass is 16.2. The summed E-state index contributed by atoms with van der Waals surface area (Å²) in [6, 6.07) is 19.3. The van der Waals surface area contributed by atoms with E-state index in [0.717, 1.165) is 24.0 Å². The van der Waals surface area contributed by atoms with E-state index in [0.29, 0.717) is 6.54 Å². The lowest BCUT2D eigenvalue weighted by Crippen LogP contribution is -2.43. The van der Waals surface area contributed by atoms with Crippen molar-refractivity contribution in [3.8, 4) is 11.8 Å². The second kappa shape index (κ2) is 7.66. The fourth-order valence-corrected chi connectivity index (χ4v) is 2.98. The molecule has 0 bridgehead atoms. The third-order valence-electron chi connectivity index (χ3n) is 4.26. The molecule has 1 amide bonds. The van der Waals surface area contributed by atoms with E-state index < -0.39 is 0 Å². The highest BCUT2D eigenvalue weighted by Crippen LogP contribution is 2.22. The minimum atomic E-state index is -0.142. The molecule has 0 N–H and O–H groups in total. The van der Waals surface area contributed by atoms with Crippen LogP contribution in [0.2, 0.25) is 0 Å². The lowest BCUT2D eigenvalue weighted by molar-refractivity contribution is 0.0731. The number of nitrogens with zero attached hydrogens (tertiary/aromatic N) is 1. The molecule has 0 fully saturated rings. The van der Waals surface area contributed by atoms with Gasteiger partial charge >= 0.3 is 0 Å². The normalized spacial score (nSPS) is 16.8. The van der Waals surface area contributed by atoms with Crippen LogP contribution in [-0.4, -0.2) is 23.4 Å². The molecule has 2 heteroatoms. The smallest absolute Gasteiger partial charge is 0.255 e. The molecule has 120 valence electrons. The van der Waals surface area contributed by atoms with Crippen molar-refractivity contribution < 1.29 is 4.79 Å². The molecule has 2 aromatic carbocycles. The van der Waals surface area contributed by atoms with Crippen LogP contribution < -0.4 is 0 Å². The summed E-state index contributed by atoms with van der Waals surface area (Å²) in [7, 11) is 0. The summed E-state index contributed by atoms with van der Waals surface area (Å²) in [6.45, 7) is 2.84. The van der Waals surface area contributed by atoms with Gasteiger partial charge in [0.05, 0.1) is 0 Å². The van der Waals surface area contributed by atoms with Crippen molar-refractivity contribution in [3.05, 3.63) is 83.4 Å². The van der Waals surface area contributed by atoms with E-state index in [9.17, 15) is 4.79 Å². The van der Waals surface area contributed by atoms with Gasteiger partial charge in [0.2, 0.25) is 0 Å². The predicted molar refractivity (Wildman–Crippen MR) is 97.6 cm³/mol. The van der Waals surface area contributed by atoms with Crippen molar-refractivity contribution >= 4 is 5.91 Å². The molecule has 1 unspecified atom stereocenters. The summed E-state index contributed by atoms with van der Waals surface area (Å²) in [5, 5.41) is 0. The fraction of sp³-hybridized carbons (Fsp3) is 0.227. The van der Waals surface area contributed by atoms with E-state index in [1.54, 1.807) is 0 Å². The van der Waals surface area contributed by atoms with E-state index in [-0.39, 0.29) is 11.9 Å². The third-order valence-corrected chi connectivity index (χ3v) is 4.26. The van der Waals surface area contributed by atoms with Crippen LogP contribution in [0.5, 0.6) is 0 Å². The molecule has 2 nitrogen and oxygen atoms in total. The monoisotopic (exact) mass is 315 g/mol. The molecule has 0 saturated heterocycles. The minimum Gasteiger partial charge on any atom is -0.321 e. The molecular formula is C22H21NO. The van der Waals surface area contributed by atoms with Gasteiger partial charge in [0.25, 0.3) is 5.91 Å². The molecule has 0 saturated carbocycles. The molecule has 1 aliphatic heterocycles. The Kier molecular flexibility index (Phi) is 5.13. The van der Waals surface area contributed by atoms with Gasteiger partial charge < -0.3 is 4.90 Å². The van der Waals surface area contributed by atoms with E-state index in [1.165, 1.54) is 5.57 Å². The summed E-state index contributed by atoms with van der Waals surface area (Å²) in [6.07, 6.45) is 4.04. The number of carbonyl (C=O) groups excluding carboxylic acids is 1. The molecule has 1 aliphatic rings. The second-order valence-corrected chi connectivity index (χ2v) is 5.82. The van der Waals surface area contributed by atoms with Crippen LogP contribution in [0.15, 0.2) is 72.3 Å². The Hall–Kier alpha value is -2.79. The molecule has 24 heavy (non-hydrogen) atoms. The molecule has 0 spiro atoms. The molecule has 1 atom stereocenters. The van der Waals surface area contributed by atoms with Crippen LogP contribution in [-0.2, 0) is 0 Å². The quantitative estimate of drug-likeness (QED) is 0.598. The van der Waals surface area contributed by atoms with E-state index in [4.69, 9.17) is 0 Å². The van der Waals surface area contributed by atoms with Crippen molar-refractivity contribution in [2.45, 2.75) is 25.8 Å². The molecule has 1 heterocycles. The van der Waals surface area contributed by atoms with Gasteiger partial charge in [0.1, 0.15) is 6.04 Å². The van der Waals surface area contributed by atoms with Crippen molar-refractivity contribution in [1.29, 1.82) is 0 Å². The highest BCUT2D eigenvalue weighted by Gasteiger charge is 2.27. The van der Waals surface area contributed by atoms with E-state index in [1.807, 2.05) is 65.6 Å². The fourth-order valence-electron chi connectivity index (χ4n) is 2.98. The van der Waals surface area contributed by atoms with Crippen molar-refractivity contribution in [2.75, 3.05) is 6.54 Å². The Morgan fingerprint density at radius 3 is 2.42 bits per heavy atom. The van der Waals surface area contributed by atoms with Crippen LogP contribution >= 0.6 is 0 Å². The molecule has 3 rings (SSSR count). The first-order chi connectivity index (χ1) is 11.8. The van der Waals surface area contributed by atoms with Crippen LogP contribution in [0.3, 0.4) is 0 Å². The Bertz CT molecular complexity index is 781. The molecule has 0 radical (unpaired) electrons. The third kappa shape index (κ3) is 3.58. The zero-order valence-electron chi connectivity index (χ0n) is 13.9. The minimum absolute atomic E-state index is 0.0574. The number of hydrogen-bond acceptors (Lipinski definition) is 1. The summed E-state index contributed by atoms with van der Waals surface area (Å²) in [4.78, 5) is 14.8. The van der Waals surface area contributed by atoms with Gasteiger partial charge in [-0.3, -0.25) is 4.79 Å². The van der Waals surface area contributed by atoms with Gasteiger partial charge in [0, 0.05) is 17.7 Å². The van der Waals surface area contributed by atoms with E-state index in [2.05, 4.69) is 24.8 Å². The Labute approximate surface area is 143 Å². The van der Waals surface area contributed by atoms with Gasteiger partial charge in [0.15, 0.2) is 0 Å². The summed E-state index contributed by atoms with van der Waals surface area (Å²) >= 11 is 0. The zero-order chi connectivity index (χ0) is 16.8. The van der Waals surface area contributed by atoms with Gasteiger partial charge in [-0.25, -0.2) is 0 Å². The van der Waals surface area contributed by atoms with Crippen LogP contribution in [0, 0.1) is 11.8 Å². The second-order valence-electron chi connectivity index (χ2n) is 5.82. The Balaban J connectivity index is 1.91. The largest absolute Gasteiger partial charge is 0.321 e. The summed E-state index contributed by atoms with van der Waals surface area (Å²) in [5.74, 6) is 6.61. The van der Waals surface area contributed by atoms with Gasteiger partial charge in [-0.1, -0.05) is 61.2 Å². The first kappa shape index (κ1) is 16.1. The maximum Gasteiger partial charge on any atom is 0.255 e. The lowest BCUT2D eigenvalue weighted by atomic mass is 9.96. The highest BCUT2D eigenvalue weighted by molar-refractivity contribution is 5.95. The average Bonchev–Trinajstić information content (AvgIpc) is 2.67. The van der Waals surface area contributed by atoms with Crippen LogP contribution in [0.1, 0.15) is 35.7 Å². The summed E-state index contributed by atoms with van der Waals surface area (Å²) in [5.41, 5.74) is 2.93. The standard InChI is InChI=1S/C22H21NO/c1-2-19-14-9-17-23(22(24)20-12-7-4-8-13-20)21(19)16-15-18-10-5-3-6-11-18/h3-8,10-14,21H,2,9,17H2,1H3. The number of hydrogen-bond donors (Lipinski definition) is 0. The maximum atomic E-state index is 12.9. The number of amides is 1. The number of benzene rings is 2. The zero-order valence-corrected chi connectivity index (χ0v) is 13.9. The molecule has 0 aromatic heterocycles. The maximum absolute atomic E-state index is 12.9. The van der Waals surface area contributed by atoms with Gasteiger partial charge in [-0.2, -0.15) is 0 Å². The van der Waals surface area contributed by atoms with Crippen LogP contribution in [0.4, 0.5) is 0 Å². The lowest BCUT2D eigenvalue weighted by Gasteiger charge is -2.33. The number of carbonyl (C=O) groups is 1. The SMILES string of the molecule is CCC1=CCCN(C(=O)c2ccccc2)C1C#Cc1ccccc1. The van der Waals surface area contributed by atoms with Crippen molar-refractivity contribution in [2.24, 2.45) is 0 Å². The Morgan fingerprint density at radius 2 is 1.75 bits per heavy atom. The average molecular weight is 315 g/mol. The molecular weight excluding hydrogens is 294 g/mol. The summed E-state index contributed by atoms with van der Waals surface area (Å²) < 4.78 is 0. The molecule has 0 aliphatic carbocycles. The first-order valence-corrected chi connectivity index (χ1v) is 8.41. The van der Waals surface area contributed by atoms with E-state index >= 15 is 0 Å². The Morgan fingerprint density at radius 1 is 1.08 bits per heavy atom. The first-order valence-electron chi connectivity index (χ1n) is 8.41.